The summed E-state index contributed by atoms with van der Waals surface area (Å²) in [5.41, 5.74) is 2.07. The summed E-state index contributed by atoms with van der Waals surface area (Å²) in [4.78, 5) is 28.0. The lowest BCUT2D eigenvalue weighted by molar-refractivity contribution is -0.134. The molecule has 2 amide bonds. The van der Waals surface area contributed by atoms with Crippen LogP contribution in [0.1, 0.15) is 43.4 Å². The quantitative estimate of drug-likeness (QED) is 0.857. The average molecular weight is 320 g/mol. The van der Waals surface area contributed by atoms with Gasteiger partial charge in [0.2, 0.25) is 11.8 Å². The Morgan fingerprint density at radius 1 is 1.22 bits per heavy atom. The molecule has 0 spiro atoms. The van der Waals surface area contributed by atoms with E-state index < -0.39 is 0 Å². The van der Waals surface area contributed by atoms with Crippen molar-refractivity contribution < 1.29 is 14.7 Å². The number of fused-ring (bicyclic) bond motifs is 1. The molecule has 0 saturated carbocycles. The second-order valence-electron chi connectivity index (χ2n) is 6.25. The van der Waals surface area contributed by atoms with Crippen molar-refractivity contribution in [1.29, 1.82) is 0 Å². The van der Waals surface area contributed by atoms with Crippen molar-refractivity contribution in [2.45, 2.75) is 51.7 Å². The van der Waals surface area contributed by atoms with Gasteiger partial charge in [0.25, 0.3) is 0 Å². The zero-order chi connectivity index (χ0) is 16.2. The van der Waals surface area contributed by atoms with Gasteiger partial charge in [-0.2, -0.15) is 5.10 Å². The monoisotopic (exact) mass is 320 g/mol. The predicted molar refractivity (Wildman–Crippen MR) is 83.2 cm³/mol. The summed E-state index contributed by atoms with van der Waals surface area (Å²) < 4.78 is 1.76. The number of hydrogen-bond acceptors (Lipinski definition) is 4. The highest BCUT2D eigenvalue weighted by molar-refractivity contribution is 5.79. The maximum Gasteiger partial charge on any atom is 0.225 e. The van der Waals surface area contributed by atoms with Gasteiger partial charge in [0.05, 0.1) is 31.6 Å². The van der Waals surface area contributed by atoms with E-state index in [-0.39, 0.29) is 18.4 Å². The van der Waals surface area contributed by atoms with Gasteiger partial charge in [-0.15, -0.1) is 0 Å². The summed E-state index contributed by atoms with van der Waals surface area (Å²) in [5, 5.41) is 13.3. The first-order chi connectivity index (χ1) is 11.2. The molecular weight excluding hydrogens is 296 g/mol. The third-order valence-corrected chi connectivity index (χ3v) is 4.67. The number of carbonyl (C=O) groups is 2. The molecule has 126 valence electrons. The van der Waals surface area contributed by atoms with Gasteiger partial charge in [-0.05, 0) is 12.8 Å². The molecule has 7 nitrogen and oxygen atoms in total. The van der Waals surface area contributed by atoms with E-state index in [1.807, 2.05) is 9.80 Å². The van der Waals surface area contributed by atoms with E-state index in [1.54, 1.807) is 10.9 Å². The molecule has 0 unspecified atom stereocenters. The Labute approximate surface area is 135 Å². The summed E-state index contributed by atoms with van der Waals surface area (Å²) in [7, 11) is 0. The first-order valence-electron chi connectivity index (χ1n) is 8.39. The van der Waals surface area contributed by atoms with Crippen LogP contribution in [0.15, 0.2) is 6.20 Å². The number of likely N-dealkylation sites (tertiary alicyclic amines) is 1. The maximum atomic E-state index is 12.4. The van der Waals surface area contributed by atoms with Gasteiger partial charge in [0.1, 0.15) is 0 Å². The minimum Gasteiger partial charge on any atom is -0.394 e. The van der Waals surface area contributed by atoms with E-state index in [4.69, 9.17) is 5.11 Å². The molecule has 1 N–H and O–H groups in total. The smallest absolute Gasteiger partial charge is 0.225 e. The van der Waals surface area contributed by atoms with Crippen molar-refractivity contribution in [3.05, 3.63) is 17.5 Å². The predicted octanol–water partition coefficient (Wildman–Crippen LogP) is 0.510. The van der Waals surface area contributed by atoms with Crippen LogP contribution in [0, 0.1) is 0 Å². The van der Waals surface area contributed by atoms with Gasteiger partial charge in [0, 0.05) is 38.0 Å². The van der Waals surface area contributed by atoms with Gasteiger partial charge in [-0.25, -0.2) is 0 Å². The molecule has 7 heteroatoms. The molecule has 3 heterocycles. The Bertz CT molecular complexity index is 584. The van der Waals surface area contributed by atoms with Gasteiger partial charge < -0.3 is 14.9 Å². The van der Waals surface area contributed by atoms with E-state index in [0.717, 1.165) is 37.1 Å². The molecule has 0 atom stereocenters. The summed E-state index contributed by atoms with van der Waals surface area (Å²) in [6.45, 7) is 2.92. The van der Waals surface area contributed by atoms with Crippen LogP contribution >= 0.6 is 0 Å². The molecule has 1 saturated heterocycles. The zero-order valence-electron chi connectivity index (χ0n) is 13.4. The number of aromatic nitrogens is 2. The van der Waals surface area contributed by atoms with E-state index >= 15 is 0 Å². The third kappa shape index (κ3) is 3.55. The van der Waals surface area contributed by atoms with Gasteiger partial charge in [-0.1, -0.05) is 6.42 Å². The summed E-state index contributed by atoms with van der Waals surface area (Å²) in [6, 6.07) is 0. The number of aliphatic hydroxyl groups is 1. The van der Waals surface area contributed by atoms with Crippen LogP contribution in [0.5, 0.6) is 0 Å². The van der Waals surface area contributed by atoms with Crippen LogP contribution < -0.4 is 0 Å². The number of amides is 2. The molecule has 3 rings (SSSR count). The molecule has 1 aromatic rings. The van der Waals surface area contributed by atoms with Crippen molar-refractivity contribution in [3.63, 3.8) is 0 Å². The van der Waals surface area contributed by atoms with Gasteiger partial charge in [-0.3, -0.25) is 14.3 Å². The van der Waals surface area contributed by atoms with Crippen molar-refractivity contribution in [1.82, 2.24) is 19.6 Å². The molecule has 0 aliphatic carbocycles. The number of rotatable bonds is 5. The fourth-order valence-electron chi connectivity index (χ4n) is 3.33. The van der Waals surface area contributed by atoms with Crippen molar-refractivity contribution in [2.75, 3.05) is 19.7 Å². The topological polar surface area (TPSA) is 78.7 Å². The SMILES string of the molecule is O=C1CCCCCN1CCC(=O)N1Cc2cnn(CCO)c2C1. The Morgan fingerprint density at radius 3 is 2.91 bits per heavy atom. The van der Waals surface area contributed by atoms with Crippen LogP contribution in [-0.4, -0.2) is 56.2 Å². The number of carbonyl (C=O) groups excluding carboxylic acids is 2. The van der Waals surface area contributed by atoms with Gasteiger partial charge >= 0.3 is 0 Å². The van der Waals surface area contributed by atoms with E-state index in [0.29, 0.717) is 39.0 Å². The number of aliphatic hydroxyl groups excluding tert-OH is 1. The molecule has 2 aliphatic rings. The van der Waals surface area contributed by atoms with Gasteiger partial charge in [0.15, 0.2) is 0 Å². The van der Waals surface area contributed by atoms with Crippen molar-refractivity contribution in [2.24, 2.45) is 0 Å². The lowest BCUT2D eigenvalue weighted by Crippen LogP contribution is -2.35. The molecule has 0 radical (unpaired) electrons. The minimum atomic E-state index is 0.0408. The highest BCUT2D eigenvalue weighted by Gasteiger charge is 2.27. The largest absolute Gasteiger partial charge is 0.394 e. The number of nitrogens with zero attached hydrogens (tertiary/aromatic N) is 4. The lowest BCUT2D eigenvalue weighted by atomic mass is 10.2. The molecule has 23 heavy (non-hydrogen) atoms. The van der Waals surface area contributed by atoms with Crippen molar-refractivity contribution in [3.8, 4) is 0 Å². The number of hydrogen-bond donors (Lipinski definition) is 1. The second kappa shape index (κ2) is 7.12. The van der Waals surface area contributed by atoms with Crippen LogP contribution in [0.3, 0.4) is 0 Å². The molecular formula is C16H24N4O3. The Hall–Kier alpha value is -1.89. The first kappa shape index (κ1) is 16.0. The maximum absolute atomic E-state index is 12.4. The Kier molecular flexibility index (Phi) is 4.95. The zero-order valence-corrected chi connectivity index (χ0v) is 13.4. The molecule has 1 aromatic heterocycles. The lowest BCUT2D eigenvalue weighted by Gasteiger charge is -2.22. The van der Waals surface area contributed by atoms with E-state index in [9.17, 15) is 9.59 Å². The van der Waals surface area contributed by atoms with Crippen LogP contribution in [0.25, 0.3) is 0 Å². The minimum absolute atomic E-state index is 0.0408. The summed E-state index contributed by atoms with van der Waals surface area (Å²) in [5.74, 6) is 0.257. The van der Waals surface area contributed by atoms with Crippen molar-refractivity contribution >= 4 is 11.8 Å². The highest BCUT2D eigenvalue weighted by atomic mass is 16.3. The van der Waals surface area contributed by atoms with Crippen LogP contribution in [-0.2, 0) is 29.2 Å². The fraction of sp³-hybridized carbons (Fsp3) is 0.688. The fourth-order valence-corrected chi connectivity index (χ4v) is 3.33. The Morgan fingerprint density at radius 2 is 2.09 bits per heavy atom. The first-order valence-corrected chi connectivity index (χ1v) is 8.39. The summed E-state index contributed by atoms with van der Waals surface area (Å²) in [6.07, 6.45) is 5.86. The summed E-state index contributed by atoms with van der Waals surface area (Å²) >= 11 is 0. The molecule has 2 aliphatic heterocycles. The van der Waals surface area contributed by atoms with E-state index in [2.05, 4.69) is 5.10 Å². The normalized spacial score (nSPS) is 18.2. The van der Waals surface area contributed by atoms with Crippen LogP contribution in [0.4, 0.5) is 0 Å². The average Bonchev–Trinajstić information content (AvgIpc) is 3.05. The molecule has 1 fully saturated rings. The van der Waals surface area contributed by atoms with Crippen LogP contribution in [0.2, 0.25) is 0 Å². The molecule has 0 aromatic carbocycles. The Balaban J connectivity index is 1.52. The third-order valence-electron chi connectivity index (χ3n) is 4.67. The molecule has 0 bridgehead atoms. The van der Waals surface area contributed by atoms with E-state index in [1.165, 1.54) is 0 Å². The standard InChI is InChI=1S/C16H24N4O3/c21-9-8-20-14-12-19(11-13(14)10-17-20)16(23)5-7-18-6-3-1-2-4-15(18)22/h10,21H,1-9,11-12H2. The highest BCUT2D eigenvalue weighted by Crippen LogP contribution is 2.23. The second-order valence-corrected chi connectivity index (χ2v) is 6.25.